The Balaban J connectivity index is 2.35. The van der Waals surface area contributed by atoms with Gasteiger partial charge in [-0.1, -0.05) is 29.8 Å². The summed E-state index contributed by atoms with van der Waals surface area (Å²) in [7, 11) is 0. The van der Waals surface area contributed by atoms with Crippen LogP contribution in [0.15, 0.2) is 24.3 Å². The highest BCUT2D eigenvalue weighted by Crippen LogP contribution is 2.41. The lowest BCUT2D eigenvalue weighted by Gasteiger charge is -2.31. The molecule has 1 N–H and O–H groups in total. The van der Waals surface area contributed by atoms with Crippen molar-refractivity contribution < 1.29 is 10.0 Å². The molecular weight excluding hydrogens is 202 g/mol. The Morgan fingerprint density at radius 3 is 2.31 bits per heavy atom. The van der Waals surface area contributed by atoms with Gasteiger partial charge in [-0.2, -0.15) is 0 Å². The van der Waals surface area contributed by atoms with Crippen LogP contribution < -0.4 is 0 Å². The molecule has 1 aliphatic heterocycles. The minimum Gasteiger partial charge on any atom is -0.285 e. The van der Waals surface area contributed by atoms with Crippen LogP contribution >= 0.6 is 0 Å². The zero-order valence-electron chi connectivity index (χ0n) is 9.90. The van der Waals surface area contributed by atoms with Gasteiger partial charge in [-0.3, -0.25) is 10.0 Å². The van der Waals surface area contributed by atoms with Crippen molar-refractivity contribution in [2.45, 2.75) is 38.6 Å². The van der Waals surface area contributed by atoms with Gasteiger partial charge < -0.3 is 0 Å². The number of amides is 1. The summed E-state index contributed by atoms with van der Waals surface area (Å²) in [6.45, 7) is 5.82. The highest BCUT2D eigenvalue weighted by molar-refractivity contribution is 5.80. The van der Waals surface area contributed by atoms with Gasteiger partial charge in [-0.15, -0.1) is 0 Å². The van der Waals surface area contributed by atoms with Crippen LogP contribution in [0, 0.1) is 6.92 Å². The molecule has 3 heteroatoms. The second-order valence-electron chi connectivity index (χ2n) is 5.03. The maximum Gasteiger partial charge on any atom is 0.247 e. The Morgan fingerprint density at radius 2 is 1.88 bits per heavy atom. The van der Waals surface area contributed by atoms with E-state index in [1.807, 2.05) is 45.0 Å². The Kier molecular flexibility index (Phi) is 2.50. The first kappa shape index (κ1) is 11.1. The quantitative estimate of drug-likeness (QED) is 0.737. The highest BCUT2D eigenvalue weighted by Gasteiger charge is 2.46. The lowest BCUT2D eigenvalue weighted by atomic mass is 9.83. The molecule has 0 bridgehead atoms. The summed E-state index contributed by atoms with van der Waals surface area (Å²) in [4.78, 5) is 11.5. The Hall–Kier alpha value is -1.35. The maximum atomic E-state index is 11.5. The molecule has 1 aromatic rings. The molecule has 1 heterocycles. The van der Waals surface area contributed by atoms with Crippen LogP contribution in [0.4, 0.5) is 0 Å². The summed E-state index contributed by atoms with van der Waals surface area (Å²) < 4.78 is 0. The topological polar surface area (TPSA) is 40.5 Å². The van der Waals surface area contributed by atoms with E-state index < -0.39 is 5.54 Å². The van der Waals surface area contributed by atoms with Gasteiger partial charge in [0.15, 0.2) is 0 Å². The van der Waals surface area contributed by atoms with E-state index in [0.29, 0.717) is 6.42 Å². The molecule has 0 radical (unpaired) electrons. The average Bonchev–Trinajstić information content (AvgIpc) is 2.44. The maximum absolute atomic E-state index is 11.5. The van der Waals surface area contributed by atoms with Crippen LogP contribution in [0.1, 0.15) is 37.3 Å². The summed E-state index contributed by atoms with van der Waals surface area (Å²) in [6, 6.07) is 8.15. The van der Waals surface area contributed by atoms with E-state index >= 15 is 0 Å². The van der Waals surface area contributed by atoms with Crippen LogP contribution in [-0.4, -0.2) is 21.7 Å². The lowest BCUT2D eigenvalue weighted by molar-refractivity contribution is -0.176. The number of nitrogens with zero attached hydrogens (tertiary/aromatic N) is 1. The highest BCUT2D eigenvalue weighted by atomic mass is 16.5. The molecule has 86 valence electrons. The van der Waals surface area contributed by atoms with E-state index in [4.69, 9.17) is 0 Å². The molecule has 1 saturated heterocycles. The second-order valence-corrected chi connectivity index (χ2v) is 5.03. The predicted octanol–water partition coefficient (Wildman–Crippen LogP) is 2.48. The molecule has 3 nitrogen and oxygen atoms in total. The SMILES string of the molecule is Cc1ccc(C2CC(=O)N(O)C2(C)C)cc1. The number of rotatable bonds is 1. The number of benzene rings is 1. The normalized spacial score (nSPS) is 23.9. The van der Waals surface area contributed by atoms with Crippen molar-refractivity contribution in [2.75, 3.05) is 0 Å². The summed E-state index contributed by atoms with van der Waals surface area (Å²) in [6.07, 6.45) is 0.382. The van der Waals surface area contributed by atoms with Crippen LogP contribution in [0.5, 0.6) is 0 Å². The second kappa shape index (κ2) is 3.59. The number of hydrogen-bond donors (Lipinski definition) is 1. The monoisotopic (exact) mass is 219 g/mol. The van der Waals surface area contributed by atoms with E-state index in [2.05, 4.69) is 0 Å². The van der Waals surface area contributed by atoms with Crippen molar-refractivity contribution in [3.63, 3.8) is 0 Å². The van der Waals surface area contributed by atoms with Crippen molar-refractivity contribution in [3.05, 3.63) is 35.4 Å². The average molecular weight is 219 g/mol. The summed E-state index contributed by atoms with van der Waals surface area (Å²) in [5.74, 6) is -0.138. The molecule has 0 aromatic heterocycles. The lowest BCUT2D eigenvalue weighted by Crippen LogP contribution is -2.40. The first-order valence-corrected chi connectivity index (χ1v) is 5.51. The molecular formula is C13H17NO2. The molecule has 1 fully saturated rings. The van der Waals surface area contributed by atoms with Gasteiger partial charge in [0, 0.05) is 12.3 Å². The minimum absolute atomic E-state index is 0.0607. The van der Waals surface area contributed by atoms with Crippen molar-refractivity contribution >= 4 is 5.91 Å². The number of hydrogen-bond acceptors (Lipinski definition) is 2. The van der Waals surface area contributed by atoms with Gasteiger partial charge >= 0.3 is 0 Å². The fourth-order valence-corrected chi connectivity index (χ4v) is 2.30. The fourth-order valence-electron chi connectivity index (χ4n) is 2.30. The molecule has 16 heavy (non-hydrogen) atoms. The molecule has 0 saturated carbocycles. The van der Waals surface area contributed by atoms with Gasteiger partial charge in [0.1, 0.15) is 0 Å². The van der Waals surface area contributed by atoms with Gasteiger partial charge in [0.05, 0.1) is 5.54 Å². The summed E-state index contributed by atoms with van der Waals surface area (Å²) >= 11 is 0. The number of carbonyl (C=O) groups is 1. The molecule has 1 amide bonds. The molecule has 1 aromatic carbocycles. The zero-order valence-corrected chi connectivity index (χ0v) is 9.90. The molecule has 1 aliphatic rings. The Bertz CT molecular complexity index is 408. The zero-order chi connectivity index (χ0) is 11.9. The molecule has 1 atom stereocenters. The Morgan fingerprint density at radius 1 is 1.31 bits per heavy atom. The van der Waals surface area contributed by atoms with E-state index in [1.54, 1.807) is 0 Å². The van der Waals surface area contributed by atoms with Gasteiger partial charge in [-0.25, -0.2) is 5.06 Å². The molecule has 0 aliphatic carbocycles. The smallest absolute Gasteiger partial charge is 0.247 e. The minimum atomic E-state index is -0.521. The third-order valence-electron chi connectivity index (χ3n) is 3.49. The number of hydroxylamine groups is 2. The van der Waals surface area contributed by atoms with Gasteiger partial charge in [0.25, 0.3) is 0 Å². The number of carbonyl (C=O) groups excluding carboxylic acids is 1. The van der Waals surface area contributed by atoms with Crippen molar-refractivity contribution in [3.8, 4) is 0 Å². The third-order valence-corrected chi connectivity index (χ3v) is 3.49. The van der Waals surface area contributed by atoms with Crippen LogP contribution in [0.25, 0.3) is 0 Å². The van der Waals surface area contributed by atoms with Gasteiger partial charge in [-0.05, 0) is 26.3 Å². The van der Waals surface area contributed by atoms with Crippen LogP contribution in [0.2, 0.25) is 0 Å². The third kappa shape index (κ3) is 1.61. The Labute approximate surface area is 95.6 Å². The summed E-state index contributed by atoms with van der Waals surface area (Å²) in [5, 5.41) is 10.6. The predicted molar refractivity (Wildman–Crippen MR) is 61.2 cm³/mol. The van der Waals surface area contributed by atoms with E-state index in [0.717, 1.165) is 10.6 Å². The largest absolute Gasteiger partial charge is 0.285 e. The van der Waals surface area contributed by atoms with Crippen LogP contribution in [0.3, 0.4) is 0 Å². The molecule has 1 unspecified atom stereocenters. The van der Waals surface area contributed by atoms with E-state index in [-0.39, 0.29) is 11.8 Å². The van der Waals surface area contributed by atoms with Crippen molar-refractivity contribution in [1.29, 1.82) is 0 Å². The van der Waals surface area contributed by atoms with Crippen LogP contribution in [-0.2, 0) is 4.79 Å². The first-order chi connectivity index (χ1) is 7.43. The fraction of sp³-hybridized carbons (Fsp3) is 0.462. The van der Waals surface area contributed by atoms with Gasteiger partial charge in [0.2, 0.25) is 5.91 Å². The number of aryl methyl sites for hydroxylation is 1. The van der Waals surface area contributed by atoms with E-state index in [9.17, 15) is 10.0 Å². The standard InChI is InChI=1S/C13H17NO2/c1-9-4-6-10(7-5-9)11-8-12(15)14(16)13(11,2)3/h4-7,11,16H,8H2,1-3H3. The van der Waals surface area contributed by atoms with E-state index in [1.165, 1.54) is 5.56 Å². The molecule has 2 rings (SSSR count). The summed E-state index contributed by atoms with van der Waals surface area (Å²) in [5.41, 5.74) is 1.79. The van der Waals surface area contributed by atoms with Crippen molar-refractivity contribution in [1.82, 2.24) is 5.06 Å². The first-order valence-electron chi connectivity index (χ1n) is 5.51. The molecule has 0 spiro atoms. The van der Waals surface area contributed by atoms with Crippen molar-refractivity contribution in [2.24, 2.45) is 0 Å².